The fourth-order valence-corrected chi connectivity index (χ4v) is 3.24. The van der Waals surface area contributed by atoms with Crippen LogP contribution >= 0.6 is 0 Å². The number of hydrogen-bond donors (Lipinski definition) is 1. The van der Waals surface area contributed by atoms with Crippen molar-refractivity contribution in [3.05, 3.63) is 29.8 Å². The fraction of sp³-hybridized carbons (Fsp3) is 0.667. The van der Waals surface area contributed by atoms with Gasteiger partial charge in [-0.05, 0) is 55.8 Å². The highest BCUT2D eigenvalue weighted by molar-refractivity contribution is 6.74. The predicted octanol–water partition coefficient (Wildman–Crippen LogP) is 4.30. The molecule has 0 aliphatic heterocycles. The highest BCUT2D eigenvalue weighted by Gasteiger charge is 2.39. The van der Waals surface area contributed by atoms with Crippen LogP contribution in [-0.4, -0.2) is 39.0 Å². The van der Waals surface area contributed by atoms with Crippen molar-refractivity contribution in [1.29, 1.82) is 0 Å². The summed E-state index contributed by atoms with van der Waals surface area (Å²) in [5.41, 5.74) is 0.936. The zero-order valence-electron chi connectivity index (χ0n) is 15.5. The Bertz CT molecular complexity index is 480. The van der Waals surface area contributed by atoms with E-state index in [1.165, 1.54) is 0 Å². The molecule has 0 aromatic heterocycles. The summed E-state index contributed by atoms with van der Waals surface area (Å²) in [6.45, 7) is 14.1. The van der Waals surface area contributed by atoms with Gasteiger partial charge in [0.2, 0.25) is 8.32 Å². The second-order valence-corrected chi connectivity index (χ2v) is 12.8. The quantitative estimate of drug-likeness (QED) is 0.792. The molecule has 0 spiro atoms. The van der Waals surface area contributed by atoms with Crippen molar-refractivity contribution in [3.63, 3.8) is 0 Å². The van der Waals surface area contributed by atoms with E-state index in [0.717, 1.165) is 17.9 Å². The summed E-state index contributed by atoms with van der Waals surface area (Å²) in [7, 11) is 2.21. The van der Waals surface area contributed by atoms with E-state index in [4.69, 9.17) is 4.43 Å². The summed E-state index contributed by atoms with van der Waals surface area (Å²) in [5.74, 6) is 1.05. The second kappa shape index (κ2) is 7.15. The molecule has 0 fully saturated rings. The third-order valence-electron chi connectivity index (χ3n) is 4.57. The molecule has 0 saturated carbocycles. The lowest BCUT2D eigenvalue weighted by Crippen LogP contribution is -2.43. The Balaban J connectivity index is 2.91. The van der Waals surface area contributed by atoms with Gasteiger partial charge in [-0.15, -0.1) is 0 Å². The Morgan fingerprint density at radius 1 is 1.23 bits per heavy atom. The number of aliphatic hydroxyl groups excluding tert-OH is 1. The van der Waals surface area contributed by atoms with Gasteiger partial charge >= 0.3 is 0 Å². The summed E-state index contributed by atoms with van der Waals surface area (Å²) >= 11 is 0. The van der Waals surface area contributed by atoms with E-state index in [-0.39, 0.29) is 11.0 Å². The van der Waals surface area contributed by atoms with Crippen molar-refractivity contribution in [3.8, 4) is 5.75 Å². The van der Waals surface area contributed by atoms with Crippen molar-refractivity contribution in [2.45, 2.75) is 51.9 Å². The lowest BCUT2D eigenvalue weighted by molar-refractivity contribution is 0.100. The molecule has 0 saturated heterocycles. The molecule has 2 atom stereocenters. The standard InChI is InChI=1S/C18H33NO2Si/c1-14(13-19(5)6)17(20)15-10-9-11-16(12-15)21-22(7,8)18(2,3)4/h9-12,14,17,20H,13H2,1-8H3/t14-,17-/m0/s1. The van der Waals surface area contributed by atoms with Crippen LogP contribution < -0.4 is 4.43 Å². The molecule has 0 aliphatic rings. The smallest absolute Gasteiger partial charge is 0.250 e. The molecular formula is C18H33NO2Si. The maximum absolute atomic E-state index is 10.5. The van der Waals surface area contributed by atoms with Crippen LogP contribution in [0.5, 0.6) is 5.75 Å². The zero-order chi connectivity index (χ0) is 17.1. The number of benzene rings is 1. The molecule has 22 heavy (non-hydrogen) atoms. The molecular weight excluding hydrogens is 290 g/mol. The molecule has 1 aromatic rings. The average molecular weight is 324 g/mol. The fourth-order valence-electron chi connectivity index (χ4n) is 2.21. The molecule has 0 radical (unpaired) electrons. The predicted molar refractivity (Wildman–Crippen MR) is 96.9 cm³/mol. The molecule has 4 heteroatoms. The van der Waals surface area contributed by atoms with E-state index in [2.05, 4.69) is 45.7 Å². The van der Waals surface area contributed by atoms with Crippen LogP contribution in [-0.2, 0) is 0 Å². The largest absolute Gasteiger partial charge is 0.543 e. The van der Waals surface area contributed by atoms with Gasteiger partial charge in [0.25, 0.3) is 0 Å². The maximum atomic E-state index is 10.5. The molecule has 0 amide bonds. The number of rotatable bonds is 6. The number of aliphatic hydroxyl groups is 1. The first kappa shape index (κ1) is 19.2. The summed E-state index contributed by atoms with van der Waals surface area (Å²) in [6, 6.07) is 7.95. The minimum Gasteiger partial charge on any atom is -0.543 e. The first-order valence-corrected chi connectivity index (χ1v) is 11.0. The van der Waals surface area contributed by atoms with Crippen molar-refractivity contribution in [2.75, 3.05) is 20.6 Å². The van der Waals surface area contributed by atoms with Gasteiger partial charge in [0.15, 0.2) is 0 Å². The van der Waals surface area contributed by atoms with Crippen LogP contribution in [0, 0.1) is 5.92 Å². The first-order valence-electron chi connectivity index (χ1n) is 8.06. The molecule has 1 rings (SSSR count). The van der Waals surface area contributed by atoms with Crippen molar-refractivity contribution >= 4 is 8.32 Å². The van der Waals surface area contributed by atoms with Gasteiger partial charge in [-0.2, -0.15) is 0 Å². The maximum Gasteiger partial charge on any atom is 0.250 e. The summed E-state index contributed by atoms with van der Waals surface area (Å²) in [5, 5.41) is 10.7. The molecule has 1 N–H and O–H groups in total. The second-order valence-electron chi connectivity index (χ2n) is 8.12. The molecule has 0 unspecified atom stereocenters. The summed E-state index contributed by atoms with van der Waals surface area (Å²) < 4.78 is 6.34. The van der Waals surface area contributed by atoms with Gasteiger partial charge in [0.1, 0.15) is 5.75 Å². The van der Waals surface area contributed by atoms with Crippen LogP contribution in [0.25, 0.3) is 0 Å². The topological polar surface area (TPSA) is 32.7 Å². The van der Waals surface area contributed by atoms with E-state index in [0.29, 0.717) is 0 Å². The van der Waals surface area contributed by atoms with E-state index < -0.39 is 14.4 Å². The van der Waals surface area contributed by atoms with Gasteiger partial charge in [0.05, 0.1) is 6.10 Å². The Morgan fingerprint density at radius 2 is 1.82 bits per heavy atom. The minimum absolute atomic E-state index is 0.167. The van der Waals surface area contributed by atoms with Crippen molar-refractivity contribution in [1.82, 2.24) is 4.90 Å². The first-order chi connectivity index (χ1) is 9.94. The van der Waals surface area contributed by atoms with Crippen molar-refractivity contribution < 1.29 is 9.53 Å². The van der Waals surface area contributed by atoms with Crippen LogP contribution in [0.4, 0.5) is 0 Å². The molecule has 0 aliphatic carbocycles. The normalized spacial score (nSPS) is 15.7. The third kappa shape index (κ3) is 5.11. The summed E-state index contributed by atoms with van der Waals surface area (Å²) in [6.07, 6.45) is -0.467. The van der Waals surface area contributed by atoms with E-state index >= 15 is 0 Å². The monoisotopic (exact) mass is 323 g/mol. The van der Waals surface area contributed by atoms with Gasteiger partial charge in [-0.3, -0.25) is 0 Å². The zero-order valence-corrected chi connectivity index (χ0v) is 16.5. The number of hydrogen-bond acceptors (Lipinski definition) is 3. The highest BCUT2D eigenvalue weighted by Crippen LogP contribution is 2.38. The molecule has 0 heterocycles. The van der Waals surface area contributed by atoms with Crippen molar-refractivity contribution in [2.24, 2.45) is 5.92 Å². The summed E-state index contributed by atoms with van der Waals surface area (Å²) in [4.78, 5) is 2.10. The SMILES string of the molecule is C[C@@H](CN(C)C)[C@H](O)c1cccc(O[Si](C)(C)C(C)(C)C)c1. The lowest BCUT2D eigenvalue weighted by Gasteiger charge is -2.36. The Morgan fingerprint density at radius 3 is 2.32 bits per heavy atom. The van der Waals surface area contributed by atoms with Crippen LogP contribution in [0.1, 0.15) is 39.4 Å². The van der Waals surface area contributed by atoms with Crippen LogP contribution in [0.2, 0.25) is 18.1 Å². The molecule has 0 bridgehead atoms. The van der Waals surface area contributed by atoms with Crippen LogP contribution in [0.3, 0.4) is 0 Å². The molecule has 126 valence electrons. The molecule has 3 nitrogen and oxygen atoms in total. The van der Waals surface area contributed by atoms with Gasteiger partial charge in [-0.1, -0.05) is 39.8 Å². The minimum atomic E-state index is -1.85. The van der Waals surface area contributed by atoms with Gasteiger partial charge in [0, 0.05) is 6.54 Å². The Labute approximate surface area is 137 Å². The molecule has 1 aromatic carbocycles. The Hall–Kier alpha value is -0.843. The van der Waals surface area contributed by atoms with Crippen LogP contribution in [0.15, 0.2) is 24.3 Å². The van der Waals surface area contributed by atoms with Gasteiger partial charge < -0.3 is 14.4 Å². The third-order valence-corrected chi connectivity index (χ3v) is 8.93. The lowest BCUT2D eigenvalue weighted by atomic mass is 9.97. The Kier molecular flexibility index (Phi) is 6.24. The average Bonchev–Trinajstić information content (AvgIpc) is 2.35. The van der Waals surface area contributed by atoms with E-state index in [1.807, 2.05) is 38.4 Å². The van der Waals surface area contributed by atoms with Gasteiger partial charge in [-0.25, -0.2) is 0 Å². The highest BCUT2D eigenvalue weighted by atomic mass is 28.4. The van der Waals surface area contributed by atoms with E-state index in [1.54, 1.807) is 0 Å². The van der Waals surface area contributed by atoms with E-state index in [9.17, 15) is 5.11 Å². The number of nitrogens with zero attached hydrogens (tertiary/aromatic N) is 1.